The highest BCUT2D eigenvalue weighted by Crippen LogP contribution is 2.56. The average Bonchev–Trinajstić information content (AvgIpc) is 2.45. The molecule has 0 heterocycles. The topological polar surface area (TPSA) is 26.0 Å². The minimum atomic E-state index is 0.293. The molecule has 1 aromatic rings. The first-order valence-corrected chi connectivity index (χ1v) is 8.07. The summed E-state index contributed by atoms with van der Waals surface area (Å²) in [5.74, 6) is 0.591. The summed E-state index contributed by atoms with van der Waals surface area (Å²) in [6, 6.07) is 10.6. The zero-order valence-corrected chi connectivity index (χ0v) is 13.7. The average molecular weight is 281 g/mol. The van der Waals surface area contributed by atoms with Gasteiger partial charge in [0.2, 0.25) is 0 Å². The molecule has 0 bridgehead atoms. The van der Waals surface area contributed by atoms with Crippen molar-refractivity contribution in [3.63, 3.8) is 0 Å². The lowest BCUT2D eigenvalue weighted by atomic mass is 9.55. The lowest BCUT2D eigenvalue weighted by Crippen LogP contribution is -2.40. The normalized spacial score (nSPS) is 27.0. The first-order chi connectivity index (χ1) is 9.81. The van der Waals surface area contributed by atoms with Gasteiger partial charge in [0.05, 0.1) is 0 Å². The largest absolute Gasteiger partial charge is 0.402 e. The highest BCUT2D eigenvalue weighted by atomic mass is 14.6. The number of allylic oxidation sites excluding steroid dienone is 4. The molecule has 21 heavy (non-hydrogen) atoms. The van der Waals surface area contributed by atoms with Crippen LogP contribution in [0.2, 0.25) is 0 Å². The molecule has 0 amide bonds. The molecule has 0 spiro atoms. The standard InChI is InChI=1S/C20H27N/c1-19(2)10-11-20(3,4)17-13-18(21)15(12-16(17)19)14-8-6-5-7-9-14/h5-9,12,17H,10-11,13,21H2,1-4H3. The second-order valence-corrected chi connectivity index (χ2v) is 8.03. The van der Waals surface area contributed by atoms with Crippen molar-refractivity contribution < 1.29 is 0 Å². The fourth-order valence-corrected chi connectivity index (χ4v) is 3.99. The van der Waals surface area contributed by atoms with Crippen molar-refractivity contribution in [1.29, 1.82) is 0 Å². The van der Waals surface area contributed by atoms with E-state index in [2.05, 4.69) is 64.1 Å². The van der Waals surface area contributed by atoms with Crippen LogP contribution >= 0.6 is 0 Å². The molecule has 0 aliphatic heterocycles. The van der Waals surface area contributed by atoms with Gasteiger partial charge in [-0.2, -0.15) is 0 Å². The first-order valence-electron chi connectivity index (χ1n) is 8.07. The van der Waals surface area contributed by atoms with Crippen molar-refractivity contribution in [2.75, 3.05) is 0 Å². The summed E-state index contributed by atoms with van der Waals surface area (Å²) in [6.45, 7) is 9.60. The Labute approximate surface area is 128 Å². The van der Waals surface area contributed by atoms with Crippen LogP contribution in [0.15, 0.2) is 47.7 Å². The Morgan fingerprint density at radius 2 is 1.67 bits per heavy atom. The molecular weight excluding hydrogens is 254 g/mol. The third-order valence-corrected chi connectivity index (χ3v) is 5.65. The van der Waals surface area contributed by atoms with E-state index in [4.69, 9.17) is 5.73 Å². The van der Waals surface area contributed by atoms with Crippen LogP contribution in [0.25, 0.3) is 5.57 Å². The molecule has 1 nitrogen and oxygen atoms in total. The van der Waals surface area contributed by atoms with Crippen molar-refractivity contribution in [2.24, 2.45) is 22.5 Å². The lowest BCUT2D eigenvalue weighted by Gasteiger charge is -2.50. The van der Waals surface area contributed by atoms with Crippen LogP contribution in [-0.4, -0.2) is 0 Å². The quantitative estimate of drug-likeness (QED) is 0.757. The summed E-state index contributed by atoms with van der Waals surface area (Å²) < 4.78 is 0. The van der Waals surface area contributed by atoms with E-state index in [9.17, 15) is 0 Å². The van der Waals surface area contributed by atoms with Gasteiger partial charge in [-0.05, 0) is 41.6 Å². The highest BCUT2D eigenvalue weighted by Gasteiger charge is 2.45. The van der Waals surface area contributed by atoms with E-state index in [1.807, 2.05) is 0 Å². The number of nitrogens with two attached hydrogens (primary N) is 1. The Morgan fingerprint density at radius 1 is 1.00 bits per heavy atom. The van der Waals surface area contributed by atoms with Crippen molar-refractivity contribution in [2.45, 2.75) is 47.0 Å². The van der Waals surface area contributed by atoms with Gasteiger partial charge in [-0.3, -0.25) is 0 Å². The fourth-order valence-electron chi connectivity index (χ4n) is 3.99. The monoisotopic (exact) mass is 281 g/mol. The van der Waals surface area contributed by atoms with E-state index in [1.54, 1.807) is 5.57 Å². The molecule has 1 heteroatoms. The van der Waals surface area contributed by atoms with Gasteiger partial charge in [0.15, 0.2) is 0 Å². The summed E-state index contributed by atoms with van der Waals surface area (Å²) in [5, 5.41) is 0. The summed E-state index contributed by atoms with van der Waals surface area (Å²) in [6.07, 6.45) is 5.96. The maximum absolute atomic E-state index is 6.46. The molecule has 3 rings (SSSR count). The van der Waals surface area contributed by atoms with Crippen LogP contribution in [0.3, 0.4) is 0 Å². The maximum atomic E-state index is 6.46. The third kappa shape index (κ3) is 2.43. The van der Waals surface area contributed by atoms with Crippen molar-refractivity contribution >= 4 is 5.57 Å². The molecular formula is C20H27N. The van der Waals surface area contributed by atoms with Crippen molar-refractivity contribution in [1.82, 2.24) is 0 Å². The minimum Gasteiger partial charge on any atom is -0.402 e. The number of benzene rings is 1. The van der Waals surface area contributed by atoms with Crippen molar-refractivity contribution in [3.8, 4) is 0 Å². The van der Waals surface area contributed by atoms with E-state index in [0.717, 1.165) is 12.1 Å². The second kappa shape index (κ2) is 4.76. The number of rotatable bonds is 1. The van der Waals surface area contributed by atoms with E-state index in [1.165, 1.54) is 24.0 Å². The fraction of sp³-hybridized carbons (Fsp3) is 0.500. The molecule has 2 N–H and O–H groups in total. The lowest BCUT2D eigenvalue weighted by molar-refractivity contribution is 0.121. The Kier molecular flexibility index (Phi) is 3.27. The predicted octanol–water partition coefficient (Wildman–Crippen LogP) is 5.15. The maximum Gasteiger partial charge on any atom is 0.0166 e. The molecule has 2 aliphatic rings. The zero-order chi connectivity index (χ0) is 15.3. The van der Waals surface area contributed by atoms with Crippen LogP contribution in [0, 0.1) is 16.7 Å². The van der Waals surface area contributed by atoms with Crippen LogP contribution in [0.4, 0.5) is 0 Å². The third-order valence-electron chi connectivity index (χ3n) is 5.65. The van der Waals surface area contributed by atoms with Crippen LogP contribution in [0.5, 0.6) is 0 Å². The summed E-state index contributed by atoms with van der Waals surface area (Å²) >= 11 is 0. The van der Waals surface area contributed by atoms with Crippen LogP contribution < -0.4 is 5.73 Å². The van der Waals surface area contributed by atoms with Gasteiger partial charge in [0, 0.05) is 11.3 Å². The van der Waals surface area contributed by atoms with Gasteiger partial charge in [0.25, 0.3) is 0 Å². The van der Waals surface area contributed by atoms with Gasteiger partial charge in [0.1, 0.15) is 0 Å². The second-order valence-electron chi connectivity index (χ2n) is 8.03. The smallest absolute Gasteiger partial charge is 0.0166 e. The summed E-state index contributed by atoms with van der Waals surface area (Å²) in [5.41, 5.74) is 12.3. The Bertz CT molecular complexity index is 602. The molecule has 0 saturated heterocycles. The molecule has 1 fully saturated rings. The molecule has 2 aliphatic carbocycles. The number of hydrogen-bond acceptors (Lipinski definition) is 1. The molecule has 112 valence electrons. The Morgan fingerprint density at radius 3 is 2.33 bits per heavy atom. The van der Waals surface area contributed by atoms with E-state index in [0.29, 0.717) is 16.7 Å². The molecule has 1 unspecified atom stereocenters. The van der Waals surface area contributed by atoms with E-state index in [-0.39, 0.29) is 0 Å². The molecule has 1 aromatic carbocycles. The van der Waals surface area contributed by atoms with Gasteiger partial charge in [-0.1, -0.05) is 69.7 Å². The number of fused-ring (bicyclic) bond motifs is 1. The molecule has 1 atom stereocenters. The van der Waals surface area contributed by atoms with Gasteiger partial charge in [-0.25, -0.2) is 0 Å². The highest BCUT2D eigenvalue weighted by molar-refractivity contribution is 5.78. The van der Waals surface area contributed by atoms with Gasteiger partial charge in [-0.15, -0.1) is 0 Å². The van der Waals surface area contributed by atoms with E-state index >= 15 is 0 Å². The van der Waals surface area contributed by atoms with Crippen LogP contribution in [-0.2, 0) is 0 Å². The molecule has 1 saturated carbocycles. The first kappa shape index (κ1) is 14.4. The molecule has 0 radical (unpaired) electrons. The van der Waals surface area contributed by atoms with Crippen molar-refractivity contribution in [3.05, 3.63) is 53.2 Å². The SMILES string of the molecule is CC1(C)CCC(C)(C)C2CC(N)=C(c3ccccc3)C=C21. The predicted molar refractivity (Wildman–Crippen MR) is 90.5 cm³/mol. The van der Waals surface area contributed by atoms with Gasteiger partial charge < -0.3 is 5.73 Å². The summed E-state index contributed by atoms with van der Waals surface area (Å²) in [4.78, 5) is 0. The Balaban J connectivity index is 2.09. The molecule has 0 aromatic heterocycles. The van der Waals surface area contributed by atoms with E-state index < -0.39 is 0 Å². The number of hydrogen-bond donors (Lipinski definition) is 1. The minimum absolute atomic E-state index is 0.293. The zero-order valence-electron chi connectivity index (χ0n) is 13.7. The van der Waals surface area contributed by atoms with Gasteiger partial charge >= 0.3 is 0 Å². The summed E-state index contributed by atoms with van der Waals surface area (Å²) in [7, 11) is 0. The van der Waals surface area contributed by atoms with Crippen LogP contribution in [0.1, 0.15) is 52.5 Å². The Hall–Kier alpha value is -1.50.